The summed E-state index contributed by atoms with van der Waals surface area (Å²) >= 11 is 7.59. The minimum atomic E-state index is -0.757. The third kappa shape index (κ3) is 4.99. The van der Waals surface area contributed by atoms with Gasteiger partial charge in [0, 0.05) is 5.39 Å². The molecule has 0 saturated heterocycles. The smallest absolute Gasteiger partial charge is 0.412 e. The summed E-state index contributed by atoms with van der Waals surface area (Å²) in [4.78, 5) is 30.4. The zero-order valence-electron chi connectivity index (χ0n) is 20.7. The standard InChI is InChI=1S/C31H23ClN2O4S/c32-25-15-14-24-26(34-30(37)38-18-19-4-2-1-3-5-19)27(39-28(24)33-25)22-8-6-20(7-9-22)21-10-12-23(13-11-21)31(16-17-31)29(35)36/h1-15H,16-18H2,(H,34,37)(H,35,36). The number of benzene rings is 3. The highest BCUT2D eigenvalue weighted by atomic mass is 35.5. The van der Waals surface area contributed by atoms with Crippen LogP contribution in [0.3, 0.4) is 0 Å². The molecule has 8 heteroatoms. The molecular formula is C31H23ClN2O4S. The van der Waals surface area contributed by atoms with Gasteiger partial charge in [0.15, 0.2) is 0 Å². The lowest BCUT2D eigenvalue weighted by molar-refractivity contribution is -0.140. The van der Waals surface area contributed by atoms with Crippen LogP contribution in [0.1, 0.15) is 24.0 Å². The fraction of sp³-hybridized carbons (Fsp3) is 0.129. The van der Waals surface area contributed by atoms with E-state index in [1.165, 1.54) is 11.3 Å². The summed E-state index contributed by atoms with van der Waals surface area (Å²) < 4.78 is 5.47. The van der Waals surface area contributed by atoms with Crippen LogP contribution in [0.15, 0.2) is 91.0 Å². The van der Waals surface area contributed by atoms with Gasteiger partial charge in [0.05, 0.1) is 16.0 Å². The predicted molar refractivity (Wildman–Crippen MR) is 154 cm³/mol. The van der Waals surface area contributed by atoms with Crippen LogP contribution < -0.4 is 5.32 Å². The van der Waals surface area contributed by atoms with Gasteiger partial charge >= 0.3 is 12.1 Å². The number of thiophene rings is 1. The van der Waals surface area contributed by atoms with Crippen LogP contribution in [0.5, 0.6) is 0 Å². The van der Waals surface area contributed by atoms with Crippen molar-refractivity contribution in [3.05, 3.63) is 107 Å². The summed E-state index contributed by atoms with van der Waals surface area (Å²) in [5, 5.41) is 13.6. The molecule has 5 aromatic rings. The number of hydrogen-bond donors (Lipinski definition) is 2. The summed E-state index contributed by atoms with van der Waals surface area (Å²) in [6.07, 6.45) is 0.810. The molecule has 1 saturated carbocycles. The third-order valence-electron chi connectivity index (χ3n) is 7.04. The van der Waals surface area contributed by atoms with Gasteiger partial charge < -0.3 is 9.84 Å². The Morgan fingerprint density at radius 2 is 1.54 bits per heavy atom. The molecule has 1 aliphatic carbocycles. The van der Waals surface area contributed by atoms with Crippen molar-refractivity contribution >= 4 is 50.9 Å². The van der Waals surface area contributed by atoms with E-state index in [0.717, 1.165) is 38.1 Å². The fourth-order valence-corrected chi connectivity index (χ4v) is 6.02. The van der Waals surface area contributed by atoms with E-state index in [0.29, 0.717) is 28.5 Å². The average Bonchev–Trinajstić information content (AvgIpc) is 3.71. The van der Waals surface area contributed by atoms with Crippen LogP contribution in [0.2, 0.25) is 5.15 Å². The number of hydrogen-bond acceptors (Lipinski definition) is 5. The van der Waals surface area contributed by atoms with Crippen molar-refractivity contribution in [1.82, 2.24) is 4.98 Å². The van der Waals surface area contributed by atoms with E-state index in [4.69, 9.17) is 16.3 Å². The normalized spacial score (nSPS) is 13.7. The van der Waals surface area contributed by atoms with E-state index in [1.54, 1.807) is 6.07 Å². The van der Waals surface area contributed by atoms with Gasteiger partial charge in [0.25, 0.3) is 0 Å². The maximum atomic E-state index is 12.7. The van der Waals surface area contributed by atoms with Gasteiger partial charge in [-0.3, -0.25) is 10.1 Å². The number of carboxylic acid groups (broad SMARTS) is 1. The van der Waals surface area contributed by atoms with Gasteiger partial charge in [-0.05, 0) is 52.8 Å². The van der Waals surface area contributed by atoms with E-state index in [2.05, 4.69) is 10.3 Å². The molecular weight excluding hydrogens is 532 g/mol. The zero-order chi connectivity index (χ0) is 27.0. The Kier molecular flexibility index (Phi) is 6.54. The monoisotopic (exact) mass is 554 g/mol. The maximum absolute atomic E-state index is 12.7. The lowest BCUT2D eigenvalue weighted by atomic mass is 9.93. The fourth-order valence-electron chi connectivity index (χ4n) is 4.69. The molecule has 2 heterocycles. The Labute approximate surface area is 233 Å². The van der Waals surface area contributed by atoms with Gasteiger partial charge in [-0.15, -0.1) is 11.3 Å². The number of aliphatic carboxylic acids is 1. The van der Waals surface area contributed by atoms with Crippen molar-refractivity contribution in [2.45, 2.75) is 24.9 Å². The molecule has 2 aromatic heterocycles. The van der Waals surface area contributed by atoms with Crippen LogP contribution in [-0.4, -0.2) is 22.2 Å². The molecule has 0 spiro atoms. The number of amides is 1. The quantitative estimate of drug-likeness (QED) is 0.198. The molecule has 0 radical (unpaired) electrons. The maximum Gasteiger partial charge on any atom is 0.412 e. The first-order valence-electron chi connectivity index (χ1n) is 12.4. The first kappa shape index (κ1) is 25.1. The van der Waals surface area contributed by atoms with Crippen molar-refractivity contribution in [2.75, 3.05) is 5.32 Å². The molecule has 1 amide bonds. The highest BCUT2D eigenvalue weighted by Crippen LogP contribution is 2.49. The van der Waals surface area contributed by atoms with Crippen molar-refractivity contribution in [3.63, 3.8) is 0 Å². The van der Waals surface area contributed by atoms with Crippen molar-refractivity contribution in [1.29, 1.82) is 0 Å². The van der Waals surface area contributed by atoms with Crippen LogP contribution in [0.4, 0.5) is 10.5 Å². The highest BCUT2D eigenvalue weighted by molar-refractivity contribution is 7.22. The molecule has 3 aromatic carbocycles. The number of nitrogens with zero attached hydrogens (tertiary/aromatic N) is 1. The molecule has 6 rings (SSSR count). The molecule has 1 fully saturated rings. The van der Waals surface area contributed by atoms with Crippen LogP contribution in [0.25, 0.3) is 31.8 Å². The lowest BCUT2D eigenvalue weighted by Crippen LogP contribution is -2.19. The van der Waals surface area contributed by atoms with Crippen LogP contribution in [0, 0.1) is 0 Å². The summed E-state index contributed by atoms with van der Waals surface area (Å²) in [5.74, 6) is -0.757. The van der Waals surface area contributed by atoms with Gasteiger partial charge in [0.2, 0.25) is 0 Å². The van der Waals surface area contributed by atoms with Crippen molar-refractivity contribution in [2.24, 2.45) is 0 Å². The number of carboxylic acids is 1. The lowest BCUT2D eigenvalue weighted by Gasteiger charge is -2.11. The highest BCUT2D eigenvalue weighted by Gasteiger charge is 2.51. The van der Waals surface area contributed by atoms with Crippen LogP contribution >= 0.6 is 22.9 Å². The second-order valence-corrected chi connectivity index (χ2v) is 10.9. The van der Waals surface area contributed by atoms with Gasteiger partial charge in [0.1, 0.15) is 16.6 Å². The number of carbonyl (C=O) groups excluding carboxylic acids is 1. The molecule has 39 heavy (non-hydrogen) atoms. The number of fused-ring (bicyclic) bond motifs is 1. The predicted octanol–water partition coefficient (Wildman–Crippen LogP) is 8.15. The number of rotatable bonds is 7. The molecule has 2 N–H and O–H groups in total. The summed E-state index contributed by atoms with van der Waals surface area (Å²) in [6, 6.07) is 28.8. The minimum Gasteiger partial charge on any atom is -0.481 e. The van der Waals surface area contributed by atoms with Crippen molar-refractivity contribution in [3.8, 4) is 21.6 Å². The average molecular weight is 555 g/mol. The Hall–Kier alpha value is -4.20. The summed E-state index contributed by atoms with van der Waals surface area (Å²) in [7, 11) is 0. The van der Waals surface area contributed by atoms with Gasteiger partial charge in [-0.25, -0.2) is 9.78 Å². The Morgan fingerprint density at radius 3 is 2.18 bits per heavy atom. The Bertz CT molecular complexity index is 1680. The number of anilines is 1. The Morgan fingerprint density at radius 1 is 0.897 bits per heavy atom. The van der Waals surface area contributed by atoms with E-state index in [1.807, 2.05) is 84.9 Å². The van der Waals surface area contributed by atoms with Crippen LogP contribution in [-0.2, 0) is 21.6 Å². The van der Waals surface area contributed by atoms with Crippen molar-refractivity contribution < 1.29 is 19.4 Å². The van der Waals surface area contributed by atoms with Gasteiger partial charge in [-0.2, -0.15) is 0 Å². The largest absolute Gasteiger partial charge is 0.481 e. The second-order valence-electron chi connectivity index (χ2n) is 9.52. The molecule has 0 unspecified atom stereocenters. The first-order chi connectivity index (χ1) is 18.9. The molecule has 0 bridgehead atoms. The third-order valence-corrected chi connectivity index (χ3v) is 8.40. The number of ether oxygens (including phenoxy) is 1. The van der Waals surface area contributed by atoms with E-state index >= 15 is 0 Å². The summed E-state index contributed by atoms with van der Waals surface area (Å²) in [5.41, 5.74) is 4.57. The number of nitrogens with one attached hydrogen (secondary N) is 1. The number of halogens is 1. The van der Waals surface area contributed by atoms with E-state index in [-0.39, 0.29) is 6.61 Å². The number of aromatic nitrogens is 1. The Balaban J connectivity index is 1.26. The molecule has 0 atom stereocenters. The topological polar surface area (TPSA) is 88.5 Å². The molecule has 194 valence electrons. The summed E-state index contributed by atoms with van der Waals surface area (Å²) in [6.45, 7) is 0.162. The second kappa shape index (κ2) is 10.2. The first-order valence-corrected chi connectivity index (χ1v) is 13.6. The minimum absolute atomic E-state index is 0.162. The number of pyridine rings is 1. The van der Waals surface area contributed by atoms with Gasteiger partial charge in [-0.1, -0.05) is 90.5 Å². The van der Waals surface area contributed by atoms with E-state index < -0.39 is 17.5 Å². The molecule has 6 nitrogen and oxygen atoms in total. The molecule has 1 aliphatic rings. The zero-order valence-corrected chi connectivity index (χ0v) is 22.3. The number of carbonyl (C=O) groups is 2. The SMILES string of the molecule is O=C(Nc1c(-c2ccc(-c3ccc(C4(C(=O)O)CC4)cc3)cc2)sc2nc(Cl)ccc12)OCc1ccccc1. The van der Waals surface area contributed by atoms with E-state index in [9.17, 15) is 14.7 Å². The molecule has 0 aliphatic heterocycles.